The van der Waals surface area contributed by atoms with Crippen LogP contribution in [0.3, 0.4) is 0 Å². The molecule has 0 saturated carbocycles. The molecule has 2 aromatic carbocycles. The van der Waals surface area contributed by atoms with E-state index in [0.717, 1.165) is 10.0 Å². The highest BCUT2D eigenvalue weighted by Gasteiger charge is 2.27. The fourth-order valence-electron chi connectivity index (χ4n) is 2.64. The minimum Gasteiger partial charge on any atom is -0.482 e. The summed E-state index contributed by atoms with van der Waals surface area (Å²) in [5.74, 6) is -0.256. The number of hydrogen-bond acceptors (Lipinski definition) is 3. The Labute approximate surface area is 199 Å². The van der Waals surface area contributed by atoms with Gasteiger partial charge in [0.25, 0.3) is 5.91 Å². The van der Waals surface area contributed by atoms with Crippen molar-refractivity contribution < 1.29 is 14.3 Å². The van der Waals surface area contributed by atoms with Crippen LogP contribution in [0.2, 0.25) is 15.1 Å². The number of hydrogen-bond donors (Lipinski definition) is 1. The number of ether oxygens (including phenoxy) is 1. The summed E-state index contributed by atoms with van der Waals surface area (Å²) in [7, 11) is 0. The van der Waals surface area contributed by atoms with E-state index < -0.39 is 6.04 Å². The number of nitrogens with one attached hydrogen (secondary N) is 1. The summed E-state index contributed by atoms with van der Waals surface area (Å²) in [5, 5.41) is 3.99. The number of benzene rings is 2. The van der Waals surface area contributed by atoms with E-state index in [0.29, 0.717) is 20.8 Å². The van der Waals surface area contributed by atoms with Gasteiger partial charge >= 0.3 is 0 Å². The zero-order valence-electron chi connectivity index (χ0n) is 16.7. The highest BCUT2D eigenvalue weighted by Crippen LogP contribution is 2.28. The zero-order chi connectivity index (χ0) is 22.4. The molecule has 0 aliphatic heterocycles. The minimum atomic E-state index is -0.724. The average Bonchev–Trinajstić information content (AvgIpc) is 2.66. The number of carbonyl (C=O) groups is 2. The Balaban J connectivity index is 2.20. The van der Waals surface area contributed by atoms with Crippen molar-refractivity contribution in [1.29, 1.82) is 0 Å². The van der Waals surface area contributed by atoms with Gasteiger partial charge < -0.3 is 15.0 Å². The molecule has 1 atom stereocenters. The smallest absolute Gasteiger partial charge is 0.261 e. The molecule has 0 bridgehead atoms. The van der Waals surface area contributed by atoms with Gasteiger partial charge in [0, 0.05) is 17.1 Å². The molecule has 162 valence electrons. The van der Waals surface area contributed by atoms with Crippen LogP contribution in [0.5, 0.6) is 5.75 Å². The molecule has 0 aliphatic carbocycles. The molecule has 0 aromatic heterocycles. The second-order valence-electron chi connectivity index (χ2n) is 6.97. The predicted octanol–water partition coefficient (Wildman–Crippen LogP) is 5.73. The van der Waals surface area contributed by atoms with Gasteiger partial charge in [-0.15, -0.1) is 0 Å². The lowest BCUT2D eigenvalue weighted by Crippen LogP contribution is -2.50. The minimum absolute atomic E-state index is 0.0558. The summed E-state index contributed by atoms with van der Waals surface area (Å²) in [4.78, 5) is 27.0. The molecule has 9 heteroatoms. The Bertz CT molecular complexity index is 924. The molecule has 0 unspecified atom stereocenters. The van der Waals surface area contributed by atoms with Gasteiger partial charge in [0.1, 0.15) is 11.8 Å². The van der Waals surface area contributed by atoms with Crippen molar-refractivity contribution in [3.8, 4) is 5.75 Å². The Morgan fingerprint density at radius 2 is 1.73 bits per heavy atom. The van der Waals surface area contributed by atoms with Crippen LogP contribution < -0.4 is 10.1 Å². The van der Waals surface area contributed by atoms with E-state index in [1.807, 2.05) is 13.8 Å². The lowest BCUT2D eigenvalue weighted by atomic mass is 10.1. The normalized spacial score (nSPS) is 11.9. The van der Waals surface area contributed by atoms with E-state index >= 15 is 0 Å². The van der Waals surface area contributed by atoms with E-state index in [4.69, 9.17) is 39.5 Å². The maximum absolute atomic E-state index is 13.0. The molecule has 2 rings (SSSR count). The third kappa shape index (κ3) is 7.05. The molecule has 0 aliphatic rings. The number of rotatable bonds is 8. The number of halogens is 4. The second-order valence-corrected chi connectivity index (χ2v) is 9.11. The largest absolute Gasteiger partial charge is 0.482 e. The van der Waals surface area contributed by atoms with Crippen molar-refractivity contribution in [3.05, 3.63) is 61.5 Å². The SMILES string of the molecule is CC(C)NC(=O)[C@H](C)N(Cc1ccc(Cl)c(Cl)c1)C(=O)COc1ccc(Br)cc1Cl. The summed E-state index contributed by atoms with van der Waals surface area (Å²) in [6.45, 7) is 5.27. The van der Waals surface area contributed by atoms with Crippen molar-refractivity contribution in [2.45, 2.75) is 39.4 Å². The van der Waals surface area contributed by atoms with Gasteiger partial charge in [-0.25, -0.2) is 0 Å². The predicted molar refractivity (Wildman–Crippen MR) is 124 cm³/mol. The first-order valence-electron chi connectivity index (χ1n) is 9.20. The number of carbonyl (C=O) groups excluding carboxylic acids is 2. The number of nitrogens with zero attached hydrogens (tertiary/aromatic N) is 1. The fourth-order valence-corrected chi connectivity index (χ4v) is 3.69. The molecule has 30 heavy (non-hydrogen) atoms. The first-order chi connectivity index (χ1) is 14.1. The number of amides is 2. The molecule has 0 fully saturated rings. The topological polar surface area (TPSA) is 58.6 Å². The van der Waals surface area contributed by atoms with E-state index in [2.05, 4.69) is 21.2 Å². The van der Waals surface area contributed by atoms with Gasteiger partial charge in [-0.05, 0) is 56.7 Å². The highest BCUT2D eigenvalue weighted by atomic mass is 79.9. The van der Waals surface area contributed by atoms with E-state index in [1.165, 1.54) is 4.90 Å². The Morgan fingerprint density at radius 3 is 2.33 bits per heavy atom. The lowest BCUT2D eigenvalue weighted by Gasteiger charge is -2.29. The average molecular weight is 537 g/mol. The van der Waals surface area contributed by atoms with Gasteiger partial charge in [-0.3, -0.25) is 9.59 Å². The summed E-state index contributed by atoms with van der Waals surface area (Å²) in [6, 6.07) is 9.40. The molecule has 2 amide bonds. The molecular weight excluding hydrogens is 515 g/mol. The monoisotopic (exact) mass is 534 g/mol. The molecule has 0 saturated heterocycles. The molecular formula is C21H22BrCl3N2O3. The zero-order valence-corrected chi connectivity index (χ0v) is 20.6. The van der Waals surface area contributed by atoms with E-state index in [-0.39, 0.29) is 31.0 Å². The molecule has 0 spiro atoms. The maximum Gasteiger partial charge on any atom is 0.261 e. The maximum atomic E-state index is 13.0. The third-order valence-corrected chi connectivity index (χ3v) is 5.71. The van der Waals surface area contributed by atoms with Crippen molar-refractivity contribution in [1.82, 2.24) is 10.2 Å². The highest BCUT2D eigenvalue weighted by molar-refractivity contribution is 9.10. The standard InChI is InChI=1S/C21H22BrCl3N2O3/c1-12(2)26-21(29)13(3)27(10-14-4-6-16(23)17(24)8-14)20(28)11-30-19-7-5-15(22)9-18(19)25/h4-9,12-13H,10-11H2,1-3H3,(H,26,29)/t13-/m0/s1. The van der Waals surface area contributed by atoms with E-state index in [9.17, 15) is 9.59 Å². The Hall–Kier alpha value is -1.47. The van der Waals surface area contributed by atoms with Crippen LogP contribution in [0.15, 0.2) is 40.9 Å². The van der Waals surface area contributed by atoms with Crippen LogP contribution in [-0.4, -0.2) is 35.4 Å². The quantitative estimate of drug-likeness (QED) is 0.469. The third-order valence-electron chi connectivity index (χ3n) is 4.18. The van der Waals surface area contributed by atoms with Gasteiger partial charge in [0.15, 0.2) is 6.61 Å². The first kappa shape index (κ1) is 24.8. The Kier molecular flexibility index (Phi) is 9.29. The van der Waals surface area contributed by atoms with Crippen LogP contribution in [0, 0.1) is 0 Å². The molecule has 1 N–H and O–H groups in total. The van der Waals surface area contributed by atoms with Crippen LogP contribution in [0.25, 0.3) is 0 Å². The molecule has 0 radical (unpaired) electrons. The van der Waals surface area contributed by atoms with Crippen molar-refractivity contribution >= 4 is 62.5 Å². The first-order valence-corrected chi connectivity index (χ1v) is 11.1. The van der Waals surface area contributed by atoms with Crippen LogP contribution in [0.1, 0.15) is 26.3 Å². The van der Waals surface area contributed by atoms with Gasteiger partial charge in [0.05, 0.1) is 15.1 Å². The second kappa shape index (κ2) is 11.2. The van der Waals surface area contributed by atoms with E-state index in [1.54, 1.807) is 43.3 Å². The van der Waals surface area contributed by atoms with Crippen LogP contribution in [-0.2, 0) is 16.1 Å². The summed E-state index contributed by atoms with van der Waals surface area (Å²) < 4.78 is 6.40. The van der Waals surface area contributed by atoms with Crippen molar-refractivity contribution in [3.63, 3.8) is 0 Å². The molecule has 0 heterocycles. The van der Waals surface area contributed by atoms with Crippen LogP contribution in [0.4, 0.5) is 0 Å². The Morgan fingerprint density at radius 1 is 1.03 bits per heavy atom. The van der Waals surface area contributed by atoms with Crippen molar-refractivity contribution in [2.24, 2.45) is 0 Å². The molecule has 2 aromatic rings. The van der Waals surface area contributed by atoms with Crippen molar-refractivity contribution in [2.75, 3.05) is 6.61 Å². The molecule has 5 nitrogen and oxygen atoms in total. The van der Waals surface area contributed by atoms with Crippen LogP contribution >= 0.6 is 50.7 Å². The summed E-state index contributed by atoms with van der Waals surface area (Å²) in [6.07, 6.45) is 0. The van der Waals surface area contributed by atoms with Gasteiger partial charge in [0.2, 0.25) is 5.91 Å². The van der Waals surface area contributed by atoms with Gasteiger partial charge in [-0.2, -0.15) is 0 Å². The summed E-state index contributed by atoms with van der Waals surface area (Å²) >= 11 is 21.6. The summed E-state index contributed by atoms with van der Waals surface area (Å²) in [5.41, 5.74) is 0.739. The lowest BCUT2D eigenvalue weighted by molar-refractivity contribution is -0.142. The fraction of sp³-hybridized carbons (Fsp3) is 0.333. The van der Waals surface area contributed by atoms with Gasteiger partial charge in [-0.1, -0.05) is 56.8 Å².